The summed E-state index contributed by atoms with van der Waals surface area (Å²) in [5.74, 6) is 1.47. The van der Waals surface area contributed by atoms with Gasteiger partial charge in [0.1, 0.15) is 10.6 Å². The fourth-order valence-corrected chi connectivity index (χ4v) is 3.03. The van der Waals surface area contributed by atoms with E-state index < -0.39 is 0 Å². The number of aromatic nitrogens is 1. The number of benzene rings is 1. The number of unbranched alkanes of at least 4 members (excludes halogenated alkanes) is 2. The molecule has 0 aliphatic rings. The molecule has 0 fully saturated rings. The monoisotopic (exact) mass is 320 g/mol. The van der Waals surface area contributed by atoms with Crippen LogP contribution < -0.4 is 15.2 Å². The Labute approximate surface area is 136 Å². The van der Waals surface area contributed by atoms with E-state index >= 15 is 0 Å². The van der Waals surface area contributed by atoms with E-state index in [9.17, 15) is 0 Å². The van der Waals surface area contributed by atoms with Crippen molar-refractivity contribution in [2.24, 2.45) is 0 Å². The molecule has 0 aliphatic heterocycles. The SMILES string of the molecule is CCCCCC(C)Oc1nc(N)sc1-c1ccc(OC)cc1. The third kappa shape index (κ3) is 4.37. The van der Waals surface area contributed by atoms with Crippen LogP contribution >= 0.6 is 11.3 Å². The highest BCUT2D eigenvalue weighted by atomic mass is 32.1. The zero-order chi connectivity index (χ0) is 15.9. The molecule has 2 N–H and O–H groups in total. The van der Waals surface area contributed by atoms with Crippen molar-refractivity contribution < 1.29 is 9.47 Å². The molecule has 1 aromatic heterocycles. The van der Waals surface area contributed by atoms with Gasteiger partial charge in [-0.05, 0) is 49.6 Å². The summed E-state index contributed by atoms with van der Waals surface area (Å²) >= 11 is 1.45. The number of anilines is 1. The van der Waals surface area contributed by atoms with E-state index in [1.807, 2.05) is 24.3 Å². The molecule has 1 heterocycles. The molecular formula is C17H24N2O2S. The van der Waals surface area contributed by atoms with Crippen molar-refractivity contribution in [3.8, 4) is 22.1 Å². The Balaban J connectivity index is 2.11. The molecule has 0 saturated heterocycles. The molecule has 1 atom stereocenters. The maximum absolute atomic E-state index is 6.01. The van der Waals surface area contributed by atoms with Crippen LogP contribution in [0.5, 0.6) is 11.6 Å². The van der Waals surface area contributed by atoms with E-state index in [0.29, 0.717) is 11.0 Å². The lowest BCUT2D eigenvalue weighted by Crippen LogP contribution is -2.12. The van der Waals surface area contributed by atoms with Crippen LogP contribution in [0.1, 0.15) is 39.5 Å². The summed E-state index contributed by atoms with van der Waals surface area (Å²) in [4.78, 5) is 5.32. The van der Waals surface area contributed by atoms with Crippen LogP contribution in [0, 0.1) is 0 Å². The summed E-state index contributed by atoms with van der Waals surface area (Å²) in [6.07, 6.45) is 4.80. The number of thiazole rings is 1. The fraction of sp³-hybridized carbons (Fsp3) is 0.471. The molecule has 1 unspecified atom stereocenters. The average molecular weight is 320 g/mol. The van der Waals surface area contributed by atoms with Gasteiger partial charge in [0.15, 0.2) is 5.13 Å². The second-order valence-corrected chi connectivity index (χ2v) is 6.37. The molecule has 0 aliphatic carbocycles. The largest absolute Gasteiger partial charge is 0.497 e. The fourth-order valence-electron chi connectivity index (χ4n) is 2.26. The van der Waals surface area contributed by atoms with E-state index in [1.165, 1.54) is 30.6 Å². The second kappa shape index (κ2) is 8.03. The summed E-state index contributed by atoms with van der Waals surface area (Å²) in [6, 6.07) is 7.86. The van der Waals surface area contributed by atoms with Crippen molar-refractivity contribution in [1.29, 1.82) is 0 Å². The predicted octanol–water partition coefficient (Wildman–Crippen LogP) is 4.75. The third-order valence-corrected chi connectivity index (χ3v) is 4.41. The van der Waals surface area contributed by atoms with E-state index in [-0.39, 0.29) is 6.10 Å². The first kappa shape index (κ1) is 16.6. The van der Waals surface area contributed by atoms with Gasteiger partial charge >= 0.3 is 0 Å². The zero-order valence-corrected chi connectivity index (χ0v) is 14.3. The molecule has 2 rings (SSSR count). The highest BCUT2D eigenvalue weighted by molar-refractivity contribution is 7.19. The normalized spacial score (nSPS) is 12.1. The van der Waals surface area contributed by atoms with Gasteiger partial charge in [-0.3, -0.25) is 0 Å². The van der Waals surface area contributed by atoms with E-state index in [0.717, 1.165) is 22.6 Å². The number of hydrogen-bond acceptors (Lipinski definition) is 5. The Morgan fingerprint density at radius 2 is 1.95 bits per heavy atom. The first-order valence-corrected chi connectivity index (χ1v) is 8.53. The Kier molecular flexibility index (Phi) is 6.07. The van der Waals surface area contributed by atoms with Crippen molar-refractivity contribution in [2.45, 2.75) is 45.6 Å². The second-order valence-electron chi connectivity index (χ2n) is 5.34. The first-order chi connectivity index (χ1) is 10.6. The number of nitrogens with two attached hydrogens (primary N) is 1. The maximum atomic E-state index is 6.01. The summed E-state index contributed by atoms with van der Waals surface area (Å²) in [5.41, 5.74) is 6.92. The van der Waals surface area contributed by atoms with E-state index in [4.69, 9.17) is 15.2 Å². The van der Waals surface area contributed by atoms with Crippen molar-refractivity contribution in [3.63, 3.8) is 0 Å². The molecule has 0 saturated carbocycles. The van der Waals surface area contributed by atoms with Gasteiger partial charge in [0.2, 0.25) is 5.88 Å². The van der Waals surface area contributed by atoms with Gasteiger partial charge in [0.05, 0.1) is 13.2 Å². The molecule has 22 heavy (non-hydrogen) atoms. The highest BCUT2D eigenvalue weighted by Crippen LogP contribution is 2.38. The van der Waals surface area contributed by atoms with Crippen LogP contribution in [0.25, 0.3) is 10.4 Å². The zero-order valence-electron chi connectivity index (χ0n) is 13.5. The van der Waals surface area contributed by atoms with Gasteiger partial charge in [0, 0.05) is 0 Å². The Morgan fingerprint density at radius 3 is 2.59 bits per heavy atom. The van der Waals surface area contributed by atoms with Crippen molar-refractivity contribution in [2.75, 3.05) is 12.8 Å². The Hall–Kier alpha value is -1.75. The van der Waals surface area contributed by atoms with Gasteiger partial charge < -0.3 is 15.2 Å². The van der Waals surface area contributed by atoms with Crippen molar-refractivity contribution >= 4 is 16.5 Å². The smallest absolute Gasteiger partial charge is 0.234 e. The Morgan fingerprint density at radius 1 is 1.23 bits per heavy atom. The summed E-state index contributed by atoms with van der Waals surface area (Å²) < 4.78 is 11.2. The molecule has 120 valence electrons. The molecule has 0 amide bonds. The lowest BCUT2D eigenvalue weighted by molar-refractivity contribution is 0.201. The summed E-state index contributed by atoms with van der Waals surface area (Å²) in [6.45, 7) is 4.29. The average Bonchev–Trinajstić information content (AvgIpc) is 2.88. The van der Waals surface area contributed by atoms with E-state index in [2.05, 4.69) is 18.8 Å². The van der Waals surface area contributed by atoms with Crippen LogP contribution in [0.3, 0.4) is 0 Å². The van der Waals surface area contributed by atoms with Crippen molar-refractivity contribution in [3.05, 3.63) is 24.3 Å². The minimum Gasteiger partial charge on any atom is -0.497 e. The third-order valence-electron chi connectivity index (χ3n) is 3.49. The summed E-state index contributed by atoms with van der Waals surface area (Å²) in [7, 11) is 1.66. The van der Waals surface area contributed by atoms with Crippen molar-refractivity contribution in [1.82, 2.24) is 4.98 Å². The molecule has 2 aromatic rings. The number of ether oxygens (including phenoxy) is 2. The number of nitrogen functional groups attached to an aromatic ring is 1. The van der Waals surface area contributed by atoms with Gasteiger partial charge in [-0.1, -0.05) is 31.1 Å². The van der Waals surface area contributed by atoms with Gasteiger partial charge in [-0.2, -0.15) is 4.98 Å². The minimum atomic E-state index is 0.144. The number of nitrogens with zero attached hydrogens (tertiary/aromatic N) is 1. The molecule has 5 heteroatoms. The molecule has 1 aromatic carbocycles. The maximum Gasteiger partial charge on any atom is 0.234 e. The van der Waals surface area contributed by atoms with E-state index in [1.54, 1.807) is 7.11 Å². The molecular weight excluding hydrogens is 296 g/mol. The first-order valence-electron chi connectivity index (χ1n) is 7.71. The van der Waals surface area contributed by atoms with Crippen LogP contribution in [0.15, 0.2) is 24.3 Å². The lowest BCUT2D eigenvalue weighted by atomic mass is 10.1. The predicted molar refractivity (Wildman–Crippen MR) is 92.7 cm³/mol. The van der Waals surface area contributed by atoms with Gasteiger partial charge in [-0.15, -0.1) is 0 Å². The number of methoxy groups -OCH3 is 1. The summed E-state index contributed by atoms with van der Waals surface area (Å²) in [5, 5.41) is 0.529. The molecule has 4 nitrogen and oxygen atoms in total. The minimum absolute atomic E-state index is 0.144. The number of hydrogen-bond donors (Lipinski definition) is 1. The molecule has 0 radical (unpaired) electrons. The lowest BCUT2D eigenvalue weighted by Gasteiger charge is -2.13. The quantitative estimate of drug-likeness (QED) is 0.713. The van der Waals surface area contributed by atoms with Crippen LogP contribution in [0.4, 0.5) is 5.13 Å². The van der Waals surface area contributed by atoms with Crippen LogP contribution in [-0.4, -0.2) is 18.2 Å². The van der Waals surface area contributed by atoms with Gasteiger partial charge in [-0.25, -0.2) is 0 Å². The van der Waals surface area contributed by atoms with Crippen LogP contribution in [0.2, 0.25) is 0 Å². The standard InChI is InChI=1S/C17H24N2O2S/c1-4-5-6-7-12(2)21-16-15(22-17(18)19-16)13-8-10-14(20-3)11-9-13/h8-12H,4-7H2,1-3H3,(H2,18,19). The highest BCUT2D eigenvalue weighted by Gasteiger charge is 2.16. The number of rotatable bonds is 8. The van der Waals surface area contributed by atoms with Gasteiger partial charge in [0.25, 0.3) is 0 Å². The molecule has 0 spiro atoms. The van der Waals surface area contributed by atoms with Crippen LogP contribution in [-0.2, 0) is 0 Å². The molecule has 0 bridgehead atoms. The topological polar surface area (TPSA) is 57.4 Å². The Bertz CT molecular complexity index is 581.